The van der Waals surface area contributed by atoms with Crippen molar-refractivity contribution >= 4 is 11.8 Å². The Morgan fingerprint density at radius 3 is 2.67 bits per heavy atom. The molecule has 2 heterocycles. The van der Waals surface area contributed by atoms with Gasteiger partial charge in [0.25, 0.3) is 0 Å². The fourth-order valence-corrected chi connectivity index (χ4v) is 3.42. The van der Waals surface area contributed by atoms with E-state index in [9.17, 15) is 9.65 Å². The predicted molar refractivity (Wildman–Crippen MR) is 88.9 cm³/mol. The van der Waals surface area contributed by atoms with E-state index < -0.39 is 0 Å². The molecule has 0 atom stereocenters. The number of benzene rings is 1. The van der Waals surface area contributed by atoms with E-state index in [1.165, 1.54) is 17.8 Å². The third-order valence-electron chi connectivity index (χ3n) is 3.55. The molecular formula is C17H14FN5S. The van der Waals surface area contributed by atoms with E-state index in [1.54, 1.807) is 36.7 Å². The van der Waals surface area contributed by atoms with Crippen LogP contribution in [0.3, 0.4) is 0 Å². The first kappa shape index (κ1) is 16.1. The van der Waals surface area contributed by atoms with Crippen molar-refractivity contribution in [3.05, 3.63) is 53.1 Å². The lowest BCUT2D eigenvalue weighted by atomic mass is 10.2. The molecule has 3 aromatic rings. The Morgan fingerprint density at radius 2 is 1.96 bits per heavy atom. The van der Waals surface area contributed by atoms with Gasteiger partial charge in [-0.25, -0.2) is 4.39 Å². The molecule has 0 bridgehead atoms. The van der Waals surface area contributed by atoms with Crippen LogP contribution in [0, 0.1) is 31.0 Å². The Morgan fingerprint density at radius 1 is 1.21 bits per heavy atom. The van der Waals surface area contributed by atoms with E-state index in [4.69, 9.17) is 0 Å². The third-order valence-corrected chi connectivity index (χ3v) is 4.63. The minimum absolute atomic E-state index is 0.349. The Kier molecular flexibility index (Phi) is 4.32. The van der Waals surface area contributed by atoms with Crippen molar-refractivity contribution in [1.29, 1.82) is 5.26 Å². The largest absolute Gasteiger partial charge is 0.305 e. The maximum absolute atomic E-state index is 14.0. The molecule has 0 aliphatic rings. The third kappa shape index (κ3) is 2.88. The van der Waals surface area contributed by atoms with Gasteiger partial charge in [-0.2, -0.15) is 5.26 Å². The van der Waals surface area contributed by atoms with Crippen LogP contribution in [0.4, 0.5) is 4.39 Å². The van der Waals surface area contributed by atoms with E-state index in [0.717, 1.165) is 10.6 Å². The number of halogens is 1. The number of pyridine rings is 1. The lowest BCUT2D eigenvalue weighted by Crippen LogP contribution is -1.98. The Labute approximate surface area is 143 Å². The number of rotatable bonds is 3. The molecule has 1 aromatic carbocycles. The maximum Gasteiger partial charge on any atom is 0.196 e. The van der Waals surface area contributed by atoms with Gasteiger partial charge in [0.05, 0.1) is 16.8 Å². The normalized spacial score (nSPS) is 10.6. The SMILES string of the molecule is Cc1cc(Sc2nnc(-c3ccccc3F)n2C)c(C#N)c(C)n1. The summed E-state index contributed by atoms with van der Waals surface area (Å²) >= 11 is 1.32. The van der Waals surface area contributed by atoms with E-state index >= 15 is 0 Å². The highest BCUT2D eigenvalue weighted by Gasteiger charge is 2.17. The molecule has 2 aromatic heterocycles. The van der Waals surface area contributed by atoms with Gasteiger partial charge in [-0.05, 0) is 43.8 Å². The van der Waals surface area contributed by atoms with Crippen LogP contribution < -0.4 is 0 Å². The first-order valence-electron chi connectivity index (χ1n) is 7.21. The van der Waals surface area contributed by atoms with Crippen LogP contribution in [-0.4, -0.2) is 19.7 Å². The molecule has 0 aliphatic heterocycles. The summed E-state index contributed by atoms with van der Waals surface area (Å²) < 4.78 is 15.7. The lowest BCUT2D eigenvalue weighted by molar-refractivity contribution is 0.628. The van der Waals surface area contributed by atoms with Crippen molar-refractivity contribution in [3.8, 4) is 17.5 Å². The maximum atomic E-state index is 14.0. The van der Waals surface area contributed by atoms with E-state index in [-0.39, 0.29) is 5.82 Å². The summed E-state index contributed by atoms with van der Waals surface area (Å²) in [5.41, 5.74) is 2.41. The number of aryl methyl sites for hydroxylation is 2. The molecular weight excluding hydrogens is 325 g/mol. The average molecular weight is 339 g/mol. The monoisotopic (exact) mass is 339 g/mol. The summed E-state index contributed by atoms with van der Waals surface area (Å²) in [4.78, 5) is 5.07. The summed E-state index contributed by atoms with van der Waals surface area (Å²) in [5, 5.41) is 18.2. The predicted octanol–water partition coefficient (Wildman–Crippen LogP) is 3.66. The van der Waals surface area contributed by atoms with Crippen molar-refractivity contribution in [2.45, 2.75) is 23.9 Å². The van der Waals surface area contributed by atoms with Gasteiger partial charge in [-0.1, -0.05) is 12.1 Å². The molecule has 3 rings (SSSR count). The van der Waals surface area contributed by atoms with Crippen molar-refractivity contribution < 1.29 is 4.39 Å². The molecule has 0 radical (unpaired) electrons. The Bertz CT molecular complexity index is 958. The van der Waals surface area contributed by atoms with Crippen LogP contribution in [0.5, 0.6) is 0 Å². The van der Waals surface area contributed by atoms with E-state index in [1.807, 2.05) is 13.0 Å². The first-order valence-corrected chi connectivity index (χ1v) is 8.03. The minimum atomic E-state index is -0.349. The molecule has 0 spiro atoms. The number of nitriles is 1. The van der Waals surface area contributed by atoms with Crippen LogP contribution in [0.15, 0.2) is 40.4 Å². The molecule has 0 fully saturated rings. The van der Waals surface area contributed by atoms with Gasteiger partial charge in [-0.15, -0.1) is 10.2 Å². The van der Waals surface area contributed by atoms with Crippen LogP contribution in [-0.2, 0) is 7.05 Å². The molecule has 120 valence electrons. The summed E-state index contributed by atoms with van der Waals surface area (Å²) in [6.45, 7) is 3.68. The number of hydrogen-bond acceptors (Lipinski definition) is 5. The zero-order chi connectivity index (χ0) is 17.3. The summed E-state index contributed by atoms with van der Waals surface area (Å²) in [6.07, 6.45) is 0. The fourth-order valence-electron chi connectivity index (χ4n) is 2.39. The molecule has 5 nitrogen and oxygen atoms in total. The highest BCUT2D eigenvalue weighted by Crippen LogP contribution is 2.32. The van der Waals surface area contributed by atoms with Crippen molar-refractivity contribution in [1.82, 2.24) is 19.7 Å². The summed E-state index contributed by atoms with van der Waals surface area (Å²) in [7, 11) is 1.77. The molecule has 0 saturated carbocycles. The van der Waals surface area contributed by atoms with Crippen molar-refractivity contribution in [2.24, 2.45) is 7.05 Å². The molecule has 0 saturated heterocycles. The van der Waals surface area contributed by atoms with Gasteiger partial charge in [0.1, 0.15) is 11.9 Å². The topological polar surface area (TPSA) is 67.4 Å². The standard InChI is InChI=1S/C17H14FN5S/c1-10-8-15(13(9-19)11(2)20-10)24-17-22-21-16(23(17)3)12-6-4-5-7-14(12)18/h4-8H,1-3H3. The van der Waals surface area contributed by atoms with Gasteiger partial charge in [0.2, 0.25) is 0 Å². The molecule has 7 heteroatoms. The van der Waals surface area contributed by atoms with Crippen LogP contribution in [0.25, 0.3) is 11.4 Å². The number of hydrogen-bond donors (Lipinski definition) is 0. The van der Waals surface area contributed by atoms with Crippen molar-refractivity contribution in [2.75, 3.05) is 0 Å². The molecule has 0 aliphatic carbocycles. The fraction of sp³-hybridized carbons (Fsp3) is 0.176. The van der Waals surface area contributed by atoms with Crippen LogP contribution in [0.1, 0.15) is 17.0 Å². The molecule has 24 heavy (non-hydrogen) atoms. The van der Waals surface area contributed by atoms with Gasteiger partial charge in [-0.3, -0.25) is 4.98 Å². The quantitative estimate of drug-likeness (QED) is 0.728. The van der Waals surface area contributed by atoms with Gasteiger partial charge in [0, 0.05) is 17.6 Å². The van der Waals surface area contributed by atoms with E-state index in [0.29, 0.717) is 27.8 Å². The van der Waals surface area contributed by atoms with Gasteiger partial charge in [0.15, 0.2) is 11.0 Å². The van der Waals surface area contributed by atoms with Crippen molar-refractivity contribution in [3.63, 3.8) is 0 Å². The summed E-state index contributed by atoms with van der Waals surface area (Å²) in [5.74, 6) is 0.0921. The number of aromatic nitrogens is 4. The van der Waals surface area contributed by atoms with Crippen LogP contribution >= 0.6 is 11.8 Å². The second-order valence-electron chi connectivity index (χ2n) is 5.28. The Balaban J connectivity index is 2.03. The average Bonchev–Trinajstić information content (AvgIpc) is 2.88. The highest BCUT2D eigenvalue weighted by atomic mass is 32.2. The minimum Gasteiger partial charge on any atom is -0.305 e. The van der Waals surface area contributed by atoms with Crippen LogP contribution in [0.2, 0.25) is 0 Å². The highest BCUT2D eigenvalue weighted by molar-refractivity contribution is 7.99. The second-order valence-corrected chi connectivity index (χ2v) is 6.29. The lowest BCUT2D eigenvalue weighted by Gasteiger charge is -2.08. The Hall–Kier alpha value is -2.72. The molecule has 0 amide bonds. The zero-order valence-electron chi connectivity index (χ0n) is 13.4. The summed E-state index contributed by atoms with van der Waals surface area (Å²) in [6, 6.07) is 10.5. The number of nitrogens with zero attached hydrogens (tertiary/aromatic N) is 5. The molecule has 0 N–H and O–H groups in total. The zero-order valence-corrected chi connectivity index (χ0v) is 14.2. The van der Waals surface area contributed by atoms with Gasteiger partial charge >= 0.3 is 0 Å². The van der Waals surface area contributed by atoms with E-state index in [2.05, 4.69) is 21.3 Å². The van der Waals surface area contributed by atoms with Gasteiger partial charge < -0.3 is 4.57 Å². The smallest absolute Gasteiger partial charge is 0.196 e. The molecule has 0 unspecified atom stereocenters. The first-order chi connectivity index (χ1) is 11.5. The second kappa shape index (κ2) is 6.42.